The number of ether oxygens (including phenoxy) is 1. The molecule has 3 N–H and O–H groups in total. The normalized spacial score (nSPS) is 15.1. The van der Waals surface area contributed by atoms with Crippen LogP contribution in [0, 0.1) is 11.6 Å². The Bertz CT molecular complexity index is 1150. The molecule has 0 saturated carbocycles. The highest BCUT2D eigenvalue weighted by molar-refractivity contribution is 5.98. The van der Waals surface area contributed by atoms with E-state index < -0.39 is 29.9 Å². The van der Waals surface area contributed by atoms with Crippen molar-refractivity contribution in [1.82, 2.24) is 9.97 Å². The molecule has 0 fully saturated rings. The zero-order chi connectivity index (χ0) is 21.4. The highest BCUT2D eigenvalue weighted by Gasteiger charge is 2.29. The Morgan fingerprint density at radius 2 is 1.87 bits per heavy atom. The molecule has 30 heavy (non-hydrogen) atoms. The highest BCUT2D eigenvalue weighted by Crippen LogP contribution is 2.39. The van der Waals surface area contributed by atoms with Crippen molar-refractivity contribution in [1.29, 1.82) is 0 Å². The monoisotopic (exact) mass is 417 g/mol. The topological polar surface area (TPSA) is 85.4 Å². The smallest absolute Gasteiger partial charge is 0.387 e. The molecule has 154 valence electrons. The average molecular weight is 417 g/mol. The van der Waals surface area contributed by atoms with Crippen LogP contribution < -0.4 is 15.8 Å². The summed E-state index contributed by atoms with van der Waals surface area (Å²) in [5, 5.41) is 2.85. The van der Waals surface area contributed by atoms with Gasteiger partial charge in [0.1, 0.15) is 23.3 Å². The molecule has 3 aromatic rings. The van der Waals surface area contributed by atoms with Crippen molar-refractivity contribution in [3.63, 3.8) is 0 Å². The minimum Gasteiger partial charge on any atom is -0.432 e. The van der Waals surface area contributed by atoms with Gasteiger partial charge in [-0.3, -0.25) is 4.99 Å². The molecule has 2 aromatic carbocycles. The van der Waals surface area contributed by atoms with Crippen LogP contribution in [-0.4, -0.2) is 22.3 Å². The molecule has 1 atom stereocenters. The second kappa shape index (κ2) is 7.62. The van der Waals surface area contributed by atoms with Gasteiger partial charge in [0.05, 0.1) is 11.6 Å². The van der Waals surface area contributed by atoms with Gasteiger partial charge in [0.25, 0.3) is 0 Å². The Labute approximate surface area is 168 Å². The lowest BCUT2D eigenvalue weighted by Crippen LogP contribution is -2.13. The number of hydrogen-bond acceptors (Lipinski definition) is 6. The molecule has 0 bridgehead atoms. The number of rotatable bonds is 5. The third-order valence-corrected chi connectivity index (χ3v) is 4.46. The number of fused-ring (bicyclic) bond motifs is 1. The van der Waals surface area contributed by atoms with Gasteiger partial charge in [-0.25, -0.2) is 18.7 Å². The number of aliphatic imine (C=N–C) groups is 1. The van der Waals surface area contributed by atoms with Gasteiger partial charge in [0.2, 0.25) is 0 Å². The average Bonchev–Trinajstić information content (AvgIpc) is 2.98. The number of aromatic nitrogens is 2. The van der Waals surface area contributed by atoms with E-state index in [2.05, 4.69) is 25.0 Å². The summed E-state index contributed by atoms with van der Waals surface area (Å²) in [4.78, 5) is 13.1. The Balaban J connectivity index is 1.65. The molecule has 1 aliphatic heterocycles. The summed E-state index contributed by atoms with van der Waals surface area (Å²) in [6.45, 7) is -1.36. The molecule has 0 radical (unpaired) electrons. The van der Waals surface area contributed by atoms with Crippen molar-refractivity contribution in [2.24, 2.45) is 4.99 Å². The van der Waals surface area contributed by atoms with E-state index >= 15 is 0 Å². The molecule has 0 spiro atoms. The van der Waals surface area contributed by atoms with E-state index in [-0.39, 0.29) is 17.3 Å². The van der Waals surface area contributed by atoms with Gasteiger partial charge in [0.15, 0.2) is 11.6 Å². The van der Waals surface area contributed by atoms with Gasteiger partial charge >= 0.3 is 6.61 Å². The molecule has 0 saturated heterocycles. The van der Waals surface area contributed by atoms with E-state index in [9.17, 15) is 17.6 Å². The fraction of sp³-hybridized carbons (Fsp3) is 0.150. The maximum Gasteiger partial charge on any atom is 0.387 e. The Hall–Kier alpha value is -3.69. The van der Waals surface area contributed by atoms with Gasteiger partial charge in [0, 0.05) is 23.5 Å². The van der Waals surface area contributed by atoms with Crippen LogP contribution in [0.4, 0.5) is 40.6 Å². The summed E-state index contributed by atoms with van der Waals surface area (Å²) >= 11 is 0. The van der Waals surface area contributed by atoms with E-state index in [1.807, 2.05) is 0 Å². The lowest BCUT2D eigenvalue weighted by Gasteiger charge is -2.14. The second-order valence-corrected chi connectivity index (χ2v) is 6.57. The van der Waals surface area contributed by atoms with Crippen molar-refractivity contribution in [3.8, 4) is 5.75 Å². The maximum absolute atomic E-state index is 14.0. The third-order valence-electron chi connectivity index (χ3n) is 4.46. The predicted molar refractivity (Wildman–Crippen MR) is 104 cm³/mol. The number of nitrogen functional groups attached to an aromatic ring is 1. The quantitative estimate of drug-likeness (QED) is 0.576. The van der Waals surface area contributed by atoms with E-state index in [1.165, 1.54) is 24.3 Å². The minimum absolute atomic E-state index is 0.137. The first-order valence-corrected chi connectivity index (χ1v) is 8.80. The summed E-state index contributed by atoms with van der Waals surface area (Å²) in [5.74, 6) is -1.76. The number of benzene rings is 2. The van der Waals surface area contributed by atoms with Crippen LogP contribution in [0.2, 0.25) is 0 Å². The number of nitrogens with two attached hydrogens (primary N) is 1. The Kier molecular flexibility index (Phi) is 4.98. The molecule has 4 rings (SSSR count). The molecule has 2 heterocycles. The summed E-state index contributed by atoms with van der Waals surface area (Å²) in [7, 11) is 0. The lowest BCUT2D eigenvalue weighted by atomic mass is 9.95. The molecular formula is C20H15F4N5O. The zero-order valence-corrected chi connectivity index (χ0v) is 15.5. The number of halogens is 4. The number of nitrogens with one attached hydrogen (secondary N) is 1. The molecule has 1 aliphatic rings. The van der Waals surface area contributed by atoms with Gasteiger partial charge < -0.3 is 15.8 Å². The summed E-state index contributed by atoms with van der Waals surface area (Å²) in [6.07, 6.45) is 0. The molecular weight excluding hydrogens is 402 g/mol. The fourth-order valence-electron chi connectivity index (χ4n) is 3.26. The number of anilines is 3. The molecule has 10 heteroatoms. The molecule has 0 amide bonds. The van der Waals surface area contributed by atoms with Crippen molar-refractivity contribution in [3.05, 3.63) is 65.5 Å². The van der Waals surface area contributed by atoms with Crippen molar-refractivity contribution < 1.29 is 22.3 Å². The van der Waals surface area contributed by atoms with E-state index in [0.717, 1.165) is 12.1 Å². The summed E-state index contributed by atoms with van der Waals surface area (Å²) < 4.78 is 56.4. The standard InChI is InChI=1S/C20H15F4N5O/c1-9-18(12-6-10(21)2-4-14(12)26-9)19-28-16(25)8-17(29-19)27-11-3-5-15(13(22)7-11)30-20(23)24/h2-8,18,20H,1H3,(H3,25,27,28,29). The predicted octanol–water partition coefficient (Wildman–Crippen LogP) is 4.92. The minimum atomic E-state index is -3.13. The lowest BCUT2D eigenvalue weighted by molar-refractivity contribution is -0.0521. The third kappa shape index (κ3) is 3.88. The number of hydrogen-bond donors (Lipinski definition) is 2. The van der Waals surface area contributed by atoms with E-state index in [1.54, 1.807) is 13.0 Å². The molecule has 0 aliphatic carbocycles. The van der Waals surface area contributed by atoms with Crippen LogP contribution in [0.3, 0.4) is 0 Å². The first kappa shape index (κ1) is 19.6. The van der Waals surface area contributed by atoms with Gasteiger partial charge in [-0.05, 0) is 42.8 Å². The van der Waals surface area contributed by atoms with E-state index in [4.69, 9.17) is 5.73 Å². The fourth-order valence-corrected chi connectivity index (χ4v) is 3.26. The van der Waals surface area contributed by atoms with Crippen LogP contribution in [-0.2, 0) is 0 Å². The van der Waals surface area contributed by atoms with Crippen molar-refractivity contribution in [2.75, 3.05) is 11.1 Å². The van der Waals surface area contributed by atoms with Crippen molar-refractivity contribution >= 4 is 28.7 Å². The number of alkyl halides is 2. The van der Waals surface area contributed by atoms with Gasteiger partial charge in [-0.1, -0.05) is 0 Å². The highest BCUT2D eigenvalue weighted by atomic mass is 19.3. The summed E-state index contributed by atoms with van der Waals surface area (Å²) in [5.41, 5.74) is 8.05. The molecule has 6 nitrogen and oxygen atoms in total. The molecule has 1 aromatic heterocycles. The first-order chi connectivity index (χ1) is 14.3. The summed E-state index contributed by atoms with van der Waals surface area (Å²) in [6, 6.07) is 9.11. The SMILES string of the molecule is CC1=Nc2ccc(F)cc2C1c1nc(N)cc(Nc2ccc(OC(F)F)c(F)c2)n1. The van der Waals surface area contributed by atoms with Crippen LogP contribution >= 0.6 is 0 Å². The zero-order valence-electron chi connectivity index (χ0n) is 15.5. The van der Waals surface area contributed by atoms with Gasteiger partial charge in [-0.2, -0.15) is 8.78 Å². The van der Waals surface area contributed by atoms with Gasteiger partial charge in [-0.15, -0.1) is 0 Å². The maximum atomic E-state index is 14.0. The van der Waals surface area contributed by atoms with E-state index in [0.29, 0.717) is 22.8 Å². The van der Waals surface area contributed by atoms with Crippen LogP contribution in [0.5, 0.6) is 5.75 Å². The Morgan fingerprint density at radius 3 is 2.60 bits per heavy atom. The number of nitrogens with zero attached hydrogens (tertiary/aromatic N) is 3. The first-order valence-electron chi connectivity index (χ1n) is 8.80. The van der Waals surface area contributed by atoms with Crippen LogP contribution in [0.15, 0.2) is 47.5 Å². The Morgan fingerprint density at radius 1 is 1.07 bits per heavy atom. The second-order valence-electron chi connectivity index (χ2n) is 6.57. The van der Waals surface area contributed by atoms with Crippen LogP contribution in [0.25, 0.3) is 0 Å². The van der Waals surface area contributed by atoms with Crippen LogP contribution in [0.1, 0.15) is 24.2 Å². The molecule has 1 unspecified atom stereocenters. The largest absolute Gasteiger partial charge is 0.432 e. The van der Waals surface area contributed by atoms with Crippen molar-refractivity contribution in [2.45, 2.75) is 19.5 Å².